The van der Waals surface area contributed by atoms with E-state index in [1.54, 1.807) is 24.3 Å². The topological polar surface area (TPSA) is 93.3 Å². The standard InChI is InChI=1S/C25H23N3O4S/c1-3-18-14(2)33-25-21(18)24(30)27-22(28-25)15-8-10-16(11-9-15)23(29)26-12-17-13-31-19-6-4-5-7-20(19)32-17/h4-11,17H,3,12-13H2,1-2H3,(H,26,29)(H,27,28,30)/t17-/m1/s1. The van der Waals surface area contributed by atoms with E-state index < -0.39 is 0 Å². The number of H-pyrrole nitrogens is 1. The summed E-state index contributed by atoms with van der Waals surface area (Å²) < 4.78 is 11.6. The minimum atomic E-state index is -0.258. The van der Waals surface area contributed by atoms with Crippen LogP contribution in [0.4, 0.5) is 0 Å². The third-order valence-corrected chi connectivity index (χ3v) is 6.74. The maximum absolute atomic E-state index is 12.7. The molecule has 33 heavy (non-hydrogen) atoms. The fraction of sp³-hybridized carbons (Fsp3) is 0.240. The van der Waals surface area contributed by atoms with Crippen molar-refractivity contribution >= 4 is 27.5 Å². The highest BCUT2D eigenvalue weighted by Crippen LogP contribution is 2.31. The number of amides is 1. The number of hydrogen-bond acceptors (Lipinski definition) is 6. The van der Waals surface area contributed by atoms with Crippen molar-refractivity contribution in [2.75, 3.05) is 13.2 Å². The van der Waals surface area contributed by atoms with Crippen molar-refractivity contribution in [3.8, 4) is 22.9 Å². The van der Waals surface area contributed by atoms with Gasteiger partial charge in [-0.1, -0.05) is 31.2 Å². The molecule has 168 valence electrons. The Morgan fingerprint density at radius 3 is 2.70 bits per heavy atom. The maximum atomic E-state index is 12.7. The number of thiophene rings is 1. The minimum absolute atomic E-state index is 0.130. The molecule has 0 fully saturated rings. The number of ether oxygens (including phenoxy) is 2. The highest BCUT2D eigenvalue weighted by atomic mass is 32.1. The van der Waals surface area contributed by atoms with E-state index in [0.29, 0.717) is 41.4 Å². The number of hydrogen-bond donors (Lipinski definition) is 2. The van der Waals surface area contributed by atoms with Crippen LogP contribution in [-0.4, -0.2) is 35.1 Å². The van der Waals surface area contributed by atoms with Gasteiger partial charge in [0.2, 0.25) is 0 Å². The van der Waals surface area contributed by atoms with Crippen LogP contribution in [0.5, 0.6) is 11.5 Å². The highest BCUT2D eigenvalue weighted by Gasteiger charge is 2.21. The molecule has 8 heteroatoms. The van der Waals surface area contributed by atoms with Gasteiger partial charge in [-0.15, -0.1) is 11.3 Å². The third kappa shape index (κ3) is 4.09. The smallest absolute Gasteiger partial charge is 0.260 e. The Balaban J connectivity index is 1.28. The average Bonchev–Trinajstić information content (AvgIpc) is 3.17. The molecule has 4 aromatic rings. The monoisotopic (exact) mass is 461 g/mol. The number of nitrogens with zero attached hydrogens (tertiary/aromatic N) is 1. The molecule has 3 heterocycles. The first-order valence-corrected chi connectivity index (χ1v) is 11.6. The van der Waals surface area contributed by atoms with E-state index in [0.717, 1.165) is 27.3 Å². The summed E-state index contributed by atoms with van der Waals surface area (Å²) in [7, 11) is 0. The van der Waals surface area contributed by atoms with Crippen LogP contribution < -0.4 is 20.3 Å². The SMILES string of the molecule is CCc1c(C)sc2nc(-c3ccc(C(=O)NC[C@@H]4COc5ccccc5O4)cc3)[nH]c(=O)c12. The van der Waals surface area contributed by atoms with Crippen LogP contribution in [0.1, 0.15) is 27.7 Å². The summed E-state index contributed by atoms with van der Waals surface area (Å²) in [6, 6.07) is 14.5. The largest absolute Gasteiger partial charge is 0.486 e. The Morgan fingerprint density at radius 1 is 1.18 bits per heavy atom. The van der Waals surface area contributed by atoms with Gasteiger partial charge in [0, 0.05) is 16.0 Å². The van der Waals surface area contributed by atoms with Crippen LogP contribution in [0.25, 0.3) is 21.6 Å². The first kappa shape index (κ1) is 21.2. The van der Waals surface area contributed by atoms with Gasteiger partial charge in [-0.05, 0) is 43.2 Å². The number of aromatic amines is 1. The predicted octanol–water partition coefficient (Wildman–Crippen LogP) is 4.09. The lowest BCUT2D eigenvalue weighted by molar-refractivity contribution is 0.0789. The molecule has 0 saturated carbocycles. The number of fused-ring (bicyclic) bond motifs is 2. The van der Waals surface area contributed by atoms with Crippen LogP contribution in [0, 0.1) is 6.92 Å². The minimum Gasteiger partial charge on any atom is -0.486 e. The maximum Gasteiger partial charge on any atom is 0.260 e. The summed E-state index contributed by atoms with van der Waals surface area (Å²) in [4.78, 5) is 34.7. The van der Waals surface area contributed by atoms with E-state index in [2.05, 4.69) is 15.3 Å². The van der Waals surface area contributed by atoms with E-state index in [1.165, 1.54) is 11.3 Å². The molecule has 2 aromatic carbocycles. The number of nitrogens with one attached hydrogen (secondary N) is 2. The molecule has 1 amide bonds. The Hall–Kier alpha value is -3.65. The summed E-state index contributed by atoms with van der Waals surface area (Å²) in [5.74, 6) is 1.68. The quantitative estimate of drug-likeness (QED) is 0.467. The summed E-state index contributed by atoms with van der Waals surface area (Å²) in [6.07, 6.45) is 0.538. The molecule has 0 aliphatic carbocycles. The molecule has 0 saturated heterocycles. The first-order chi connectivity index (χ1) is 16.0. The van der Waals surface area contributed by atoms with Crippen molar-refractivity contribution in [3.63, 3.8) is 0 Å². The van der Waals surface area contributed by atoms with Gasteiger partial charge in [0.1, 0.15) is 23.4 Å². The molecule has 0 spiro atoms. The molecular formula is C25H23N3O4S. The van der Waals surface area contributed by atoms with E-state index in [-0.39, 0.29) is 17.6 Å². The lowest BCUT2D eigenvalue weighted by Gasteiger charge is -2.26. The van der Waals surface area contributed by atoms with Crippen molar-refractivity contribution in [3.05, 3.63) is 74.9 Å². The molecule has 1 aliphatic rings. The Morgan fingerprint density at radius 2 is 1.94 bits per heavy atom. The lowest BCUT2D eigenvalue weighted by atomic mass is 10.1. The van der Waals surface area contributed by atoms with Crippen LogP contribution in [0.2, 0.25) is 0 Å². The number of carbonyl (C=O) groups excluding carboxylic acids is 1. The van der Waals surface area contributed by atoms with Gasteiger partial charge in [-0.2, -0.15) is 0 Å². The molecule has 2 N–H and O–H groups in total. The normalized spacial score (nSPS) is 14.9. The predicted molar refractivity (Wildman–Crippen MR) is 128 cm³/mol. The molecule has 2 aromatic heterocycles. The van der Waals surface area contributed by atoms with Crippen LogP contribution in [0.3, 0.4) is 0 Å². The molecule has 0 radical (unpaired) electrons. The fourth-order valence-corrected chi connectivity index (χ4v) is 5.10. The highest BCUT2D eigenvalue weighted by molar-refractivity contribution is 7.18. The number of aromatic nitrogens is 2. The Labute approximate surface area is 194 Å². The van der Waals surface area contributed by atoms with Gasteiger partial charge in [0.05, 0.1) is 11.9 Å². The Bertz CT molecular complexity index is 1390. The van der Waals surface area contributed by atoms with Gasteiger partial charge >= 0.3 is 0 Å². The van der Waals surface area contributed by atoms with Gasteiger partial charge < -0.3 is 19.8 Å². The van der Waals surface area contributed by atoms with Gasteiger partial charge in [0.25, 0.3) is 11.5 Å². The molecular weight excluding hydrogens is 438 g/mol. The number of rotatable bonds is 5. The van der Waals surface area contributed by atoms with Crippen molar-refractivity contribution in [2.45, 2.75) is 26.4 Å². The number of aryl methyl sites for hydroxylation is 2. The second-order valence-corrected chi connectivity index (χ2v) is 9.07. The summed E-state index contributed by atoms with van der Waals surface area (Å²) >= 11 is 1.53. The molecule has 5 rings (SSSR count). The summed E-state index contributed by atoms with van der Waals surface area (Å²) in [6.45, 7) is 4.76. The fourth-order valence-electron chi connectivity index (χ4n) is 3.99. The van der Waals surface area contributed by atoms with Gasteiger partial charge in [-0.3, -0.25) is 9.59 Å². The van der Waals surface area contributed by atoms with Crippen LogP contribution in [-0.2, 0) is 6.42 Å². The van der Waals surface area contributed by atoms with Crippen molar-refractivity contribution in [1.29, 1.82) is 0 Å². The van der Waals surface area contributed by atoms with E-state index in [9.17, 15) is 9.59 Å². The average molecular weight is 462 g/mol. The van der Waals surface area contributed by atoms with Crippen molar-refractivity contribution in [2.24, 2.45) is 0 Å². The van der Waals surface area contributed by atoms with E-state index in [1.807, 2.05) is 38.1 Å². The van der Waals surface area contributed by atoms with E-state index in [4.69, 9.17) is 9.47 Å². The zero-order valence-electron chi connectivity index (χ0n) is 18.3. The van der Waals surface area contributed by atoms with Crippen LogP contribution in [0.15, 0.2) is 53.3 Å². The second-order valence-electron chi connectivity index (χ2n) is 7.87. The first-order valence-electron chi connectivity index (χ1n) is 10.8. The number of carbonyl (C=O) groups is 1. The van der Waals surface area contributed by atoms with Crippen molar-refractivity contribution in [1.82, 2.24) is 15.3 Å². The molecule has 0 unspecified atom stereocenters. The summed E-state index contributed by atoms with van der Waals surface area (Å²) in [5.41, 5.74) is 2.18. The molecule has 1 atom stereocenters. The molecule has 7 nitrogen and oxygen atoms in total. The number of benzene rings is 2. The van der Waals surface area contributed by atoms with Crippen LogP contribution >= 0.6 is 11.3 Å². The van der Waals surface area contributed by atoms with Gasteiger partial charge in [0.15, 0.2) is 11.5 Å². The second kappa shape index (κ2) is 8.71. The van der Waals surface area contributed by atoms with Crippen molar-refractivity contribution < 1.29 is 14.3 Å². The molecule has 1 aliphatic heterocycles. The van der Waals surface area contributed by atoms with E-state index >= 15 is 0 Å². The summed E-state index contributed by atoms with van der Waals surface area (Å²) in [5, 5.41) is 3.57. The third-order valence-electron chi connectivity index (χ3n) is 5.69. The zero-order valence-corrected chi connectivity index (χ0v) is 19.1. The zero-order chi connectivity index (χ0) is 22.9. The Kier molecular flexibility index (Phi) is 5.60. The lowest BCUT2D eigenvalue weighted by Crippen LogP contribution is -2.40. The van der Waals surface area contributed by atoms with Gasteiger partial charge in [-0.25, -0.2) is 4.98 Å². The number of para-hydroxylation sites is 2. The molecule has 0 bridgehead atoms.